The molecule has 2 heteroatoms. The van der Waals surface area contributed by atoms with Gasteiger partial charge in [-0.2, -0.15) is 0 Å². The standard InChI is InChI=1S/C10H16N2/c1-8-6-10(12-7-8)9-4-2-3-5-11-9/h6-7,9,11-12H,2-5H2,1H3. The molecule has 66 valence electrons. The first-order valence-electron chi connectivity index (χ1n) is 4.74. The van der Waals surface area contributed by atoms with Crippen LogP contribution in [0.15, 0.2) is 12.3 Å². The van der Waals surface area contributed by atoms with Crippen molar-refractivity contribution in [3.8, 4) is 0 Å². The molecular weight excluding hydrogens is 148 g/mol. The SMILES string of the molecule is Cc1c[nH]c(C2CCCCN2)c1. The Bertz CT molecular complexity index is 246. The van der Waals surface area contributed by atoms with E-state index in [1.54, 1.807) is 0 Å². The Labute approximate surface area is 73.4 Å². The molecule has 1 atom stereocenters. The minimum atomic E-state index is 0.576. The Kier molecular flexibility index (Phi) is 2.17. The first kappa shape index (κ1) is 7.87. The number of aromatic amines is 1. The predicted molar refractivity (Wildman–Crippen MR) is 50.1 cm³/mol. The van der Waals surface area contributed by atoms with E-state index in [2.05, 4.69) is 29.5 Å². The smallest absolute Gasteiger partial charge is 0.0472 e. The van der Waals surface area contributed by atoms with Crippen LogP contribution in [-0.2, 0) is 0 Å². The Balaban J connectivity index is 2.08. The zero-order chi connectivity index (χ0) is 8.39. The minimum Gasteiger partial charge on any atom is -0.363 e. The fourth-order valence-corrected chi connectivity index (χ4v) is 1.84. The second kappa shape index (κ2) is 3.31. The van der Waals surface area contributed by atoms with Gasteiger partial charge in [-0.3, -0.25) is 0 Å². The molecule has 1 saturated heterocycles. The highest BCUT2D eigenvalue weighted by atomic mass is 14.9. The lowest BCUT2D eigenvalue weighted by atomic mass is 10.0. The van der Waals surface area contributed by atoms with Gasteiger partial charge in [-0.15, -0.1) is 0 Å². The largest absolute Gasteiger partial charge is 0.363 e. The number of piperidine rings is 1. The quantitative estimate of drug-likeness (QED) is 0.654. The molecule has 1 unspecified atom stereocenters. The van der Waals surface area contributed by atoms with Gasteiger partial charge in [-0.1, -0.05) is 6.42 Å². The van der Waals surface area contributed by atoms with Crippen molar-refractivity contribution in [2.45, 2.75) is 32.2 Å². The van der Waals surface area contributed by atoms with Crippen LogP contribution >= 0.6 is 0 Å². The number of rotatable bonds is 1. The van der Waals surface area contributed by atoms with E-state index in [-0.39, 0.29) is 0 Å². The summed E-state index contributed by atoms with van der Waals surface area (Å²) in [5.74, 6) is 0. The van der Waals surface area contributed by atoms with Crippen molar-refractivity contribution >= 4 is 0 Å². The number of hydrogen-bond acceptors (Lipinski definition) is 1. The normalized spacial score (nSPS) is 24.2. The summed E-state index contributed by atoms with van der Waals surface area (Å²) in [5, 5.41) is 3.52. The van der Waals surface area contributed by atoms with E-state index >= 15 is 0 Å². The summed E-state index contributed by atoms with van der Waals surface area (Å²) in [6.45, 7) is 3.30. The van der Waals surface area contributed by atoms with E-state index in [0.29, 0.717) is 6.04 Å². The molecule has 1 aliphatic heterocycles. The zero-order valence-corrected chi connectivity index (χ0v) is 7.56. The first-order valence-corrected chi connectivity index (χ1v) is 4.74. The highest BCUT2D eigenvalue weighted by molar-refractivity contribution is 5.18. The van der Waals surface area contributed by atoms with Gasteiger partial charge in [-0.05, 0) is 37.9 Å². The molecule has 2 nitrogen and oxygen atoms in total. The molecule has 2 N–H and O–H groups in total. The summed E-state index contributed by atoms with van der Waals surface area (Å²) in [5.41, 5.74) is 2.68. The fraction of sp³-hybridized carbons (Fsp3) is 0.600. The van der Waals surface area contributed by atoms with Crippen LogP contribution in [0.3, 0.4) is 0 Å². The van der Waals surface area contributed by atoms with Gasteiger partial charge in [0.25, 0.3) is 0 Å². The maximum absolute atomic E-state index is 3.52. The number of aromatic nitrogens is 1. The second-order valence-electron chi connectivity index (χ2n) is 3.63. The van der Waals surface area contributed by atoms with E-state index < -0.39 is 0 Å². The molecule has 0 aromatic carbocycles. The van der Waals surface area contributed by atoms with E-state index in [1.807, 2.05) is 0 Å². The lowest BCUT2D eigenvalue weighted by molar-refractivity contribution is 0.406. The zero-order valence-electron chi connectivity index (χ0n) is 7.56. The van der Waals surface area contributed by atoms with E-state index in [4.69, 9.17) is 0 Å². The van der Waals surface area contributed by atoms with E-state index in [9.17, 15) is 0 Å². The van der Waals surface area contributed by atoms with Crippen molar-refractivity contribution in [1.82, 2.24) is 10.3 Å². The molecule has 1 aromatic heterocycles. The summed E-state index contributed by atoms with van der Waals surface area (Å²) < 4.78 is 0. The molecule has 0 radical (unpaired) electrons. The van der Waals surface area contributed by atoms with Gasteiger partial charge in [0.15, 0.2) is 0 Å². The minimum absolute atomic E-state index is 0.576. The molecule has 1 aromatic rings. The summed E-state index contributed by atoms with van der Waals surface area (Å²) in [6, 6.07) is 2.82. The highest BCUT2D eigenvalue weighted by Gasteiger charge is 2.14. The average Bonchev–Trinajstić information content (AvgIpc) is 2.54. The van der Waals surface area contributed by atoms with Crippen LogP contribution < -0.4 is 5.32 Å². The van der Waals surface area contributed by atoms with Gasteiger partial charge >= 0.3 is 0 Å². The van der Waals surface area contributed by atoms with Gasteiger partial charge in [0.2, 0.25) is 0 Å². The van der Waals surface area contributed by atoms with E-state index in [1.165, 1.54) is 37.1 Å². The predicted octanol–water partition coefficient (Wildman–Crippen LogP) is 2.14. The van der Waals surface area contributed by atoms with Crippen LogP contribution in [0.1, 0.15) is 36.6 Å². The summed E-state index contributed by atoms with van der Waals surface area (Å²) in [7, 11) is 0. The second-order valence-corrected chi connectivity index (χ2v) is 3.63. The summed E-state index contributed by atoms with van der Waals surface area (Å²) in [6.07, 6.45) is 6.04. The number of nitrogens with one attached hydrogen (secondary N) is 2. The number of H-pyrrole nitrogens is 1. The van der Waals surface area contributed by atoms with Crippen LogP contribution in [0.5, 0.6) is 0 Å². The molecular formula is C10H16N2. The Morgan fingerprint density at radius 1 is 1.42 bits per heavy atom. The van der Waals surface area contributed by atoms with Gasteiger partial charge < -0.3 is 10.3 Å². The summed E-state index contributed by atoms with van der Waals surface area (Å²) in [4.78, 5) is 3.31. The maximum atomic E-state index is 3.52. The van der Waals surface area contributed by atoms with Crippen LogP contribution in [0.4, 0.5) is 0 Å². The molecule has 1 fully saturated rings. The van der Waals surface area contributed by atoms with Crippen LogP contribution in [0, 0.1) is 6.92 Å². The molecule has 0 saturated carbocycles. The van der Waals surface area contributed by atoms with Gasteiger partial charge in [0.05, 0.1) is 0 Å². The van der Waals surface area contributed by atoms with Crippen molar-refractivity contribution in [2.75, 3.05) is 6.54 Å². The maximum Gasteiger partial charge on any atom is 0.0472 e. The third kappa shape index (κ3) is 1.53. The van der Waals surface area contributed by atoms with Crippen LogP contribution in [-0.4, -0.2) is 11.5 Å². The van der Waals surface area contributed by atoms with Crippen molar-refractivity contribution in [3.63, 3.8) is 0 Å². The van der Waals surface area contributed by atoms with Crippen LogP contribution in [0.25, 0.3) is 0 Å². The van der Waals surface area contributed by atoms with Crippen molar-refractivity contribution in [2.24, 2.45) is 0 Å². The van der Waals surface area contributed by atoms with Gasteiger partial charge in [0.1, 0.15) is 0 Å². The fourth-order valence-electron chi connectivity index (χ4n) is 1.84. The Morgan fingerprint density at radius 3 is 2.92 bits per heavy atom. The monoisotopic (exact) mass is 164 g/mol. The highest BCUT2D eigenvalue weighted by Crippen LogP contribution is 2.21. The third-order valence-electron chi connectivity index (χ3n) is 2.54. The summed E-state index contributed by atoms with van der Waals surface area (Å²) >= 11 is 0. The van der Waals surface area contributed by atoms with Crippen LogP contribution in [0.2, 0.25) is 0 Å². The molecule has 1 aliphatic rings. The Hall–Kier alpha value is -0.760. The molecule has 0 amide bonds. The molecule has 0 bridgehead atoms. The third-order valence-corrected chi connectivity index (χ3v) is 2.54. The number of hydrogen-bond donors (Lipinski definition) is 2. The molecule has 0 aliphatic carbocycles. The average molecular weight is 164 g/mol. The molecule has 12 heavy (non-hydrogen) atoms. The number of aryl methyl sites for hydroxylation is 1. The van der Waals surface area contributed by atoms with Gasteiger partial charge in [0, 0.05) is 17.9 Å². The van der Waals surface area contributed by atoms with Gasteiger partial charge in [-0.25, -0.2) is 0 Å². The molecule has 0 spiro atoms. The first-order chi connectivity index (χ1) is 5.86. The molecule has 2 heterocycles. The van der Waals surface area contributed by atoms with Crippen molar-refractivity contribution < 1.29 is 0 Å². The molecule has 2 rings (SSSR count). The lowest BCUT2D eigenvalue weighted by Crippen LogP contribution is -2.26. The topological polar surface area (TPSA) is 27.8 Å². The van der Waals surface area contributed by atoms with Crippen molar-refractivity contribution in [1.29, 1.82) is 0 Å². The van der Waals surface area contributed by atoms with E-state index in [0.717, 1.165) is 0 Å². The Morgan fingerprint density at radius 2 is 2.33 bits per heavy atom. The lowest BCUT2D eigenvalue weighted by Gasteiger charge is -2.22. The van der Waals surface area contributed by atoms with Crippen molar-refractivity contribution in [3.05, 3.63) is 23.5 Å².